The number of rotatable bonds is 4. The van der Waals surface area contributed by atoms with E-state index in [-0.39, 0.29) is 5.60 Å². The molecule has 1 atom stereocenters. The molecule has 1 unspecified atom stereocenters. The third kappa shape index (κ3) is 3.52. The number of hydrogen-bond acceptors (Lipinski definition) is 7. The smallest absolute Gasteiger partial charge is 0.208 e. The molecule has 3 aliphatic rings. The molecule has 128 valence electrons. The van der Waals surface area contributed by atoms with E-state index in [1.165, 1.54) is 0 Å². The molecule has 1 aromatic rings. The zero-order chi connectivity index (χ0) is 15.7. The molecular formula is C16H25N3O3S. The summed E-state index contributed by atoms with van der Waals surface area (Å²) in [5.74, 6) is 0.671. The van der Waals surface area contributed by atoms with Crippen LogP contribution in [0.3, 0.4) is 0 Å². The number of nitrogens with zero attached hydrogens (tertiary/aromatic N) is 3. The lowest BCUT2D eigenvalue weighted by atomic mass is 9.85. The molecule has 3 aliphatic heterocycles. The molecule has 23 heavy (non-hydrogen) atoms. The molecule has 3 fully saturated rings. The summed E-state index contributed by atoms with van der Waals surface area (Å²) in [7, 11) is 0. The maximum absolute atomic E-state index is 6.22. The molecule has 0 N–H and O–H groups in total. The Balaban J connectivity index is 1.26. The van der Waals surface area contributed by atoms with Crippen molar-refractivity contribution in [1.82, 2.24) is 10.2 Å². The van der Waals surface area contributed by atoms with Crippen molar-refractivity contribution in [2.24, 2.45) is 5.92 Å². The Morgan fingerprint density at radius 3 is 2.78 bits per heavy atom. The lowest BCUT2D eigenvalue weighted by Gasteiger charge is -2.52. The first-order valence-electron chi connectivity index (χ1n) is 8.61. The molecule has 0 bridgehead atoms. The van der Waals surface area contributed by atoms with Crippen molar-refractivity contribution >= 4 is 16.5 Å². The van der Waals surface area contributed by atoms with Crippen molar-refractivity contribution in [1.29, 1.82) is 0 Å². The van der Waals surface area contributed by atoms with E-state index in [1.54, 1.807) is 11.3 Å². The summed E-state index contributed by atoms with van der Waals surface area (Å²) in [6, 6.07) is 0. The minimum Gasteiger partial charge on any atom is -0.381 e. The second-order valence-electron chi connectivity index (χ2n) is 7.00. The van der Waals surface area contributed by atoms with Crippen LogP contribution in [0.1, 0.15) is 30.7 Å². The number of aromatic nitrogens is 2. The van der Waals surface area contributed by atoms with Gasteiger partial charge in [-0.25, -0.2) is 0 Å². The van der Waals surface area contributed by atoms with Crippen molar-refractivity contribution in [2.75, 3.05) is 44.4 Å². The fraction of sp³-hybridized carbons (Fsp3) is 0.875. The van der Waals surface area contributed by atoms with E-state index in [2.05, 4.69) is 15.1 Å². The standard InChI is InChI=1S/C16H25N3O3S/c1-12-17-18-15(23-12)19-10-16(11-19)8-14(4-7-22-16)21-9-13-2-5-20-6-3-13/h13-14H,2-11H2,1H3. The normalized spacial score (nSPS) is 28.0. The third-order valence-electron chi connectivity index (χ3n) is 5.10. The maximum Gasteiger partial charge on any atom is 0.208 e. The number of ether oxygens (including phenoxy) is 3. The molecule has 0 saturated carbocycles. The molecule has 3 saturated heterocycles. The minimum atomic E-state index is -0.0296. The van der Waals surface area contributed by atoms with Crippen molar-refractivity contribution in [3.63, 3.8) is 0 Å². The number of anilines is 1. The van der Waals surface area contributed by atoms with Crippen LogP contribution in [0.2, 0.25) is 0 Å². The van der Waals surface area contributed by atoms with Gasteiger partial charge in [-0.05, 0) is 32.1 Å². The van der Waals surface area contributed by atoms with Gasteiger partial charge in [0.25, 0.3) is 0 Å². The summed E-state index contributed by atoms with van der Waals surface area (Å²) in [5, 5.41) is 10.4. The topological polar surface area (TPSA) is 56.7 Å². The molecule has 1 spiro atoms. The second-order valence-corrected chi connectivity index (χ2v) is 8.16. The Kier molecular flexibility index (Phi) is 4.54. The molecular weight excluding hydrogens is 314 g/mol. The summed E-state index contributed by atoms with van der Waals surface area (Å²) >= 11 is 1.65. The minimum absolute atomic E-state index is 0.0296. The molecule has 1 aromatic heterocycles. The van der Waals surface area contributed by atoms with E-state index < -0.39 is 0 Å². The van der Waals surface area contributed by atoms with E-state index in [4.69, 9.17) is 14.2 Å². The molecule has 0 aromatic carbocycles. The van der Waals surface area contributed by atoms with Gasteiger partial charge in [0.2, 0.25) is 5.13 Å². The highest BCUT2D eigenvalue weighted by Gasteiger charge is 2.49. The van der Waals surface area contributed by atoms with E-state index in [9.17, 15) is 0 Å². The second kappa shape index (κ2) is 6.63. The van der Waals surface area contributed by atoms with E-state index in [0.717, 1.165) is 75.3 Å². The van der Waals surface area contributed by atoms with Crippen molar-refractivity contribution in [2.45, 2.75) is 44.3 Å². The zero-order valence-corrected chi connectivity index (χ0v) is 14.5. The van der Waals surface area contributed by atoms with Gasteiger partial charge in [0.1, 0.15) is 10.6 Å². The van der Waals surface area contributed by atoms with Gasteiger partial charge in [0.05, 0.1) is 19.2 Å². The van der Waals surface area contributed by atoms with Crippen LogP contribution in [0.15, 0.2) is 0 Å². The summed E-state index contributed by atoms with van der Waals surface area (Å²) in [4.78, 5) is 2.27. The van der Waals surface area contributed by atoms with E-state index >= 15 is 0 Å². The van der Waals surface area contributed by atoms with Crippen LogP contribution in [0, 0.1) is 12.8 Å². The first-order chi connectivity index (χ1) is 11.2. The maximum atomic E-state index is 6.22. The molecule has 4 rings (SSSR count). The van der Waals surface area contributed by atoms with Crippen LogP contribution in [0.25, 0.3) is 0 Å². The summed E-state index contributed by atoms with van der Waals surface area (Å²) in [5.41, 5.74) is -0.0296. The lowest BCUT2D eigenvalue weighted by molar-refractivity contribution is -0.150. The van der Waals surface area contributed by atoms with Crippen LogP contribution in [-0.2, 0) is 14.2 Å². The van der Waals surface area contributed by atoms with Gasteiger partial charge in [0.15, 0.2) is 0 Å². The summed E-state index contributed by atoms with van der Waals surface area (Å²) < 4.78 is 17.7. The molecule has 0 radical (unpaired) electrons. The van der Waals surface area contributed by atoms with E-state index in [0.29, 0.717) is 12.0 Å². The van der Waals surface area contributed by atoms with Crippen molar-refractivity contribution in [3.8, 4) is 0 Å². The van der Waals surface area contributed by atoms with Crippen LogP contribution in [-0.4, -0.2) is 61.4 Å². The van der Waals surface area contributed by atoms with E-state index in [1.807, 2.05) is 6.92 Å². The lowest BCUT2D eigenvalue weighted by Crippen LogP contribution is -2.66. The molecule has 4 heterocycles. The Labute approximate surface area is 141 Å². The van der Waals surface area contributed by atoms with Gasteiger partial charge < -0.3 is 19.1 Å². The molecule has 7 heteroatoms. The highest BCUT2D eigenvalue weighted by Crippen LogP contribution is 2.38. The summed E-state index contributed by atoms with van der Waals surface area (Å²) in [6.07, 6.45) is 4.63. The fourth-order valence-corrected chi connectivity index (χ4v) is 4.41. The summed E-state index contributed by atoms with van der Waals surface area (Å²) in [6.45, 7) is 7.29. The predicted molar refractivity (Wildman–Crippen MR) is 88.1 cm³/mol. The van der Waals surface area contributed by atoms with Crippen LogP contribution in [0.5, 0.6) is 0 Å². The molecule has 0 amide bonds. The third-order valence-corrected chi connectivity index (χ3v) is 6.00. The average Bonchev–Trinajstić information content (AvgIpc) is 2.98. The number of aryl methyl sites for hydroxylation is 1. The Morgan fingerprint density at radius 2 is 2.04 bits per heavy atom. The number of hydrogen-bond donors (Lipinski definition) is 0. The highest BCUT2D eigenvalue weighted by molar-refractivity contribution is 7.15. The largest absolute Gasteiger partial charge is 0.381 e. The highest BCUT2D eigenvalue weighted by atomic mass is 32.1. The monoisotopic (exact) mass is 339 g/mol. The van der Waals surface area contributed by atoms with Crippen LogP contribution in [0.4, 0.5) is 5.13 Å². The SMILES string of the molecule is Cc1nnc(N2CC3(CC(OCC4CCOCC4)CCO3)C2)s1. The van der Waals surface area contributed by atoms with Gasteiger partial charge in [-0.15, -0.1) is 10.2 Å². The van der Waals surface area contributed by atoms with Crippen LogP contribution < -0.4 is 4.90 Å². The Hall–Kier alpha value is -0.760. The quantitative estimate of drug-likeness (QED) is 0.837. The molecule has 0 aliphatic carbocycles. The molecule has 6 nitrogen and oxygen atoms in total. The van der Waals surface area contributed by atoms with Gasteiger partial charge in [-0.2, -0.15) is 0 Å². The first kappa shape index (κ1) is 15.7. The fourth-order valence-electron chi connectivity index (χ4n) is 3.73. The first-order valence-corrected chi connectivity index (χ1v) is 9.42. The Bertz CT molecular complexity index is 526. The predicted octanol–water partition coefficient (Wildman–Crippen LogP) is 2.03. The van der Waals surface area contributed by atoms with Gasteiger partial charge in [0, 0.05) is 32.8 Å². The zero-order valence-electron chi connectivity index (χ0n) is 13.7. The van der Waals surface area contributed by atoms with Gasteiger partial charge >= 0.3 is 0 Å². The average molecular weight is 339 g/mol. The van der Waals surface area contributed by atoms with Crippen molar-refractivity contribution < 1.29 is 14.2 Å². The van der Waals surface area contributed by atoms with Gasteiger partial charge in [-0.1, -0.05) is 11.3 Å². The van der Waals surface area contributed by atoms with Crippen molar-refractivity contribution in [3.05, 3.63) is 5.01 Å². The van der Waals surface area contributed by atoms with Gasteiger partial charge in [-0.3, -0.25) is 0 Å². The Morgan fingerprint density at radius 1 is 1.22 bits per heavy atom. The van der Waals surface area contributed by atoms with Crippen LogP contribution >= 0.6 is 11.3 Å².